The van der Waals surface area contributed by atoms with Crippen LogP contribution in [-0.4, -0.2) is 40.6 Å². The van der Waals surface area contributed by atoms with Crippen molar-refractivity contribution in [1.29, 1.82) is 0 Å². The molecule has 1 atom stereocenters. The fraction of sp³-hybridized carbons (Fsp3) is 0.200. The van der Waals surface area contributed by atoms with Crippen LogP contribution in [-0.2, 0) is 4.79 Å². The van der Waals surface area contributed by atoms with Gasteiger partial charge in [0.15, 0.2) is 16.6 Å². The molecule has 10 nitrogen and oxygen atoms in total. The number of ether oxygens (including phenoxy) is 3. The molecule has 0 aliphatic carbocycles. The number of carbonyl (C=O) groups is 2. The fourth-order valence-electron chi connectivity index (χ4n) is 3.11. The molecule has 0 saturated heterocycles. The first kappa shape index (κ1) is 24.0. The van der Waals surface area contributed by atoms with E-state index in [9.17, 15) is 27.2 Å². The van der Waals surface area contributed by atoms with E-state index in [0.717, 1.165) is 23.6 Å². The van der Waals surface area contributed by atoms with E-state index in [-0.39, 0.29) is 44.5 Å². The van der Waals surface area contributed by atoms with Gasteiger partial charge in [-0.3, -0.25) is 9.59 Å². The molecule has 35 heavy (non-hydrogen) atoms. The van der Waals surface area contributed by atoms with E-state index in [1.165, 1.54) is 36.1 Å². The highest BCUT2D eigenvalue weighted by atomic mass is 32.1. The maximum atomic E-state index is 13.4. The maximum Gasteiger partial charge on any atom is 0.586 e. The van der Waals surface area contributed by atoms with E-state index < -0.39 is 30.6 Å². The summed E-state index contributed by atoms with van der Waals surface area (Å²) in [6, 6.07) is 5.03. The van der Waals surface area contributed by atoms with Crippen LogP contribution in [0.5, 0.6) is 17.4 Å². The standard InChI is InChI=1S/C20H15F4N5O5S/c1-8(17(26)31)29(10-3-4-11-12(6-10)34-20(23,24)33-11)19-28-16(25)15(35-19)14(30)9-2-5-13(27-7-9)32-18(21)22/h2-8,18H,25H2,1H3,(H2,26,31). The van der Waals surface area contributed by atoms with Gasteiger partial charge in [-0.05, 0) is 25.1 Å². The number of halogens is 4. The topological polar surface area (TPSA) is 143 Å². The third-order valence-corrected chi connectivity index (χ3v) is 5.79. The SMILES string of the molecule is CC(C(N)=O)N(c1ccc2c(c1)OC(F)(F)O2)c1nc(N)c(C(=O)c2ccc(OC(F)F)nc2)s1. The molecular formula is C20H15F4N5O5S. The van der Waals surface area contributed by atoms with Crippen LogP contribution in [0.3, 0.4) is 0 Å². The number of alkyl halides is 4. The first-order valence-electron chi connectivity index (χ1n) is 9.65. The number of ketones is 1. The lowest BCUT2D eigenvalue weighted by atomic mass is 10.1. The monoisotopic (exact) mass is 513 g/mol. The molecule has 0 saturated carbocycles. The summed E-state index contributed by atoms with van der Waals surface area (Å²) in [4.78, 5) is 34.0. The highest BCUT2D eigenvalue weighted by molar-refractivity contribution is 7.18. The summed E-state index contributed by atoms with van der Waals surface area (Å²) in [5, 5.41) is 0.0494. The predicted molar refractivity (Wildman–Crippen MR) is 114 cm³/mol. The average Bonchev–Trinajstić information content (AvgIpc) is 3.30. The average molecular weight is 513 g/mol. The minimum Gasteiger partial charge on any atom is -0.417 e. The Morgan fingerprint density at radius 3 is 2.51 bits per heavy atom. The van der Waals surface area contributed by atoms with Gasteiger partial charge in [-0.15, -0.1) is 8.78 Å². The van der Waals surface area contributed by atoms with Gasteiger partial charge in [-0.1, -0.05) is 11.3 Å². The lowest BCUT2D eigenvalue weighted by Crippen LogP contribution is -2.39. The summed E-state index contributed by atoms with van der Waals surface area (Å²) in [5.41, 5.74) is 11.6. The number of nitrogen functional groups attached to an aromatic ring is 1. The number of hydrogen-bond acceptors (Lipinski definition) is 10. The number of nitrogens with two attached hydrogens (primary N) is 2. The first-order valence-corrected chi connectivity index (χ1v) is 10.5. The van der Waals surface area contributed by atoms with Crippen molar-refractivity contribution >= 4 is 39.7 Å². The summed E-state index contributed by atoms with van der Waals surface area (Å²) in [5.74, 6) is -2.49. The third kappa shape index (κ3) is 4.89. The van der Waals surface area contributed by atoms with E-state index in [1.54, 1.807) is 0 Å². The second-order valence-corrected chi connectivity index (χ2v) is 8.03. The zero-order chi connectivity index (χ0) is 25.5. The fourth-order valence-corrected chi connectivity index (χ4v) is 4.16. The Morgan fingerprint density at radius 2 is 1.89 bits per heavy atom. The molecule has 1 aromatic carbocycles. The van der Waals surface area contributed by atoms with Gasteiger partial charge in [0, 0.05) is 29.6 Å². The summed E-state index contributed by atoms with van der Waals surface area (Å²) >= 11 is 0.792. The number of hydrogen-bond donors (Lipinski definition) is 2. The Kier molecular flexibility index (Phi) is 6.10. The molecule has 2 aromatic heterocycles. The second kappa shape index (κ2) is 8.90. The highest BCUT2D eigenvalue weighted by Gasteiger charge is 2.44. The maximum absolute atomic E-state index is 13.4. The molecule has 1 aliphatic rings. The van der Waals surface area contributed by atoms with Gasteiger partial charge >= 0.3 is 12.9 Å². The van der Waals surface area contributed by atoms with Crippen molar-refractivity contribution in [2.45, 2.75) is 25.9 Å². The number of pyridine rings is 1. The number of anilines is 3. The van der Waals surface area contributed by atoms with Crippen LogP contribution in [0.15, 0.2) is 36.5 Å². The van der Waals surface area contributed by atoms with Crippen molar-refractivity contribution in [3.05, 3.63) is 47.0 Å². The van der Waals surface area contributed by atoms with Crippen LogP contribution in [0.25, 0.3) is 0 Å². The number of carbonyl (C=O) groups excluding carboxylic acids is 2. The number of nitrogens with zero attached hydrogens (tertiary/aromatic N) is 3. The van der Waals surface area contributed by atoms with Crippen molar-refractivity contribution < 1.29 is 41.4 Å². The van der Waals surface area contributed by atoms with Crippen molar-refractivity contribution in [1.82, 2.24) is 9.97 Å². The van der Waals surface area contributed by atoms with Crippen LogP contribution >= 0.6 is 11.3 Å². The van der Waals surface area contributed by atoms with Gasteiger partial charge in [0.05, 0.1) is 0 Å². The molecule has 3 heterocycles. The van der Waals surface area contributed by atoms with Gasteiger partial charge in [0.1, 0.15) is 16.7 Å². The van der Waals surface area contributed by atoms with E-state index in [1.807, 2.05) is 0 Å². The van der Waals surface area contributed by atoms with Crippen LogP contribution < -0.4 is 30.6 Å². The lowest BCUT2D eigenvalue weighted by Gasteiger charge is -2.26. The Labute approximate surface area is 198 Å². The number of thiazole rings is 1. The minimum atomic E-state index is -3.85. The summed E-state index contributed by atoms with van der Waals surface area (Å²) in [7, 11) is 0. The smallest absolute Gasteiger partial charge is 0.417 e. The van der Waals surface area contributed by atoms with Gasteiger partial charge in [0.25, 0.3) is 0 Å². The number of primary amides is 1. The predicted octanol–water partition coefficient (Wildman–Crippen LogP) is 3.29. The molecule has 4 rings (SSSR count). The van der Waals surface area contributed by atoms with Gasteiger partial charge < -0.3 is 30.6 Å². The molecule has 1 aliphatic heterocycles. The van der Waals surface area contributed by atoms with Gasteiger partial charge in [-0.2, -0.15) is 8.78 Å². The molecule has 4 N–H and O–H groups in total. The van der Waals surface area contributed by atoms with Crippen molar-refractivity contribution in [2.24, 2.45) is 5.73 Å². The van der Waals surface area contributed by atoms with Crippen LogP contribution in [0.1, 0.15) is 22.2 Å². The summed E-state index contributed by atoms with van der Waals surface area (Å²) in [6.45, 7) is -1.64. The Balaban J connectivity index is 1.68. The number of amides is 1. The van der Waals surface area contributed by atoms with E-state index in [4.69, 9.17) is 11.5 Å². The Hall–Kier alpha value is -4.14. The zero-order valence-electron chi connectivity index (χ0n) is 17.6. The molecule has 15 heteroatoms. The van der Waals surface area contributed by atoms with Crippen LogP contribution in [0.4, 0.5) is 34.2 Å². The third-order valence-electron chi connectivity index (χ3n) is 4.72. The Bertz CT molecular complexity index is 1290. The number of aromatic nitrogens is 2. The van der Waals surface area contributed by atoms with E-state index in [0.29, 0.717) is 0 Å². The molecule has 3 aromatic rings. The van der Waals surface area contributed by atoms with Gasteiger partial charge in [0.2, 0.25) is 17.6 Å². The molecule has 1 amide bonds. The van der Waals surface area contributed by atoms with Crippen LogP contribution in [0, 0.1) is 0 Å². The van der Waals surface area contributed by atoms with Crippen molar-refractivity contribution in [3.63, 3.8) is 0 Å². The minimum absolute atomic E-state index is 0.00771. The Morgan fingerprint density at radius 1 is 1.17 bits per heavy atom. The zero-order valence-corrected chi connectivity index (χ0v) is 18.4. The molecular weight excluding hydrogens is 498 g/mol. The number of fused-ring (bicyclic) bond motifs is 1. The molecule has 0 fully saturated rings. The normalized spacial score (nSPS) is 14.6. The van der Waals surface area contributed by atoms with Crippen molar-refractivity contribution in [3.8, 4) is 17.4 Å². The van der Waals surface area contributed by atoms with Gasteiger partial charge in [-0.25, -0.2) is 9.97 Å². The molecule has 0 radical (unpaired) electrons. The van der Waals surface area contributed by atoms with E-state index in [2.05, 4.69) is 24.2 Å². The quantitative estimate of drug-likeness (QED) is 0.343. The number of benzene rings is 1. The summed E-state index contributed by atoms with van der Waals surface area (Å²) in [6.07, 6.45) is -2.82. The molecule has 1 unspecified atom stereocenters. The molecule has 184 valence electrons. The largest absolute Gasteiger partial charge is 0.586 e. The highest BCUT2D eigenvalue weighted by Crippen LogP contribution is 2.45. The molecule has 0 spiro atoms. The molecule has 0 bridgehead atoms. The summed E-state index contributed by atoms with van der Waals surface area (Å²) < 4.78 is 64.5. The van der Waals surface area contributed by atoms with Crippen LogP contribution in [0.2, 0.25) is 0 Å². The lowest BCUT2D eigenvalue weighted by molar-refractivity contribution is -0.286. The first-order chi connectivity index (χ1) is 16.4. The second-order valence-electron chi connectivity index (χ2n) is 7.05. The van der Waals surface area contributed by atoms with Crippen molar-refractivity contribution in [2.75, 3.05) is 10.6 Å². The van der Waals surface area contributed by atoms with E-state index >= 15 is 0 Å². The number of rotatable bonds is 8.